The Kier molecular flexibility index (Phi) is 6.98. The maximum atomic E-state index is 12.1. The van der Waals surface area contributed by atoms with Crippen molar-refractivity contribution in [3.63, 3.8) is 0 Å². The molecule has 0 saturated heterocycles. The van der Waals surface area contributed by atoms with Crippen molar-refractivity contribution in [1.82, 2.24) is 10.2 Å². The van der Waals surface area contributed by atoms with Crippen LogP contribution in [0.4, 0.5) is 0 Å². The van der Waals surface area contributed by atoms with Crippen LogP contribution in [-0.4, -0.2) is 50.6 Å². The molecule has 110 valence electrons. The lowest BCUT2D eigenvalue weighted by Crippen LogP contribution is -2.39. The first-order valence-corrected chi connectivity index (χ1v) is 7.09. The van der Waals surface area contributed by atoms with Gasteiger partial charge < -0.3 is 15.0 Å². The Morgan fingerprint density at radius 1 is 1.45 bits per heavy atom. The van der Waals surface area contributed by atoms with Crippen molar-refractivity contribution < 1.29 is 14.3 Å². The van der Waals surface area contributed by atoms with Crippen LogP contribution >= 0.6 is 27.5 Å². The number of methoxy groups -OCH3 is 1. The lowest BCUT2D eigenvalue weighted by molar-refractivity contribution is -0.121. The molecule has 0 heterocycles. The number of carbonyl (C=O) groups excluding carboxylic acids is 2. The topological polar surface area (TPSA) is 58.6 Å². The third-order valence-electron chi connectivity index (χ3n) is 2.52. The molecule has 5 nitrogen and oxygen atoms in total. The smallest absolute Gasteiger partial charge is 0.254 e. The third-order valence-corrected chi connectivity index (χ3v) is 3.75. The Bertz CT molecular complexity index is 497. The van der Waals surface area contributed by atoms with Crippen molar-refractivity contribution in [3.8, 4) is 0 Å². The van der Waals surface area contributed by atoms with Crippen LogP contribution in [0.1, 0.15) is 10.4 Å². The van der Waals surface area contributed by atoms with Crippen molar-refractivity contribution >= 4 is 39.3 Å². The van der Waals surface area contributed by atoms with Gasteiger partial charge in [-0.15, -0.1) is 0 Å². The van der Waals surface area contributed by atoms with Gasteiger partial charge in [0.15, 0.2) is 0 Å². The van der Waals surface area contributed by atoms with Crippen molar-refractivity contribution in [3.05, 3.63) is 33.3 Å². The van der Waals surface area contributed by atoms with Gasteiger partial charge in [0, 0.05) is 30.7 Å². The monoisotopic (exact) mass is 362 g/mol. The average molecular weight is 364 g/mol. The molecule has 20 heavy (non-hydrogen) atoms. The SMILES string of the molecule is COCCNC(=O)CN(C)C(=O)c1ccc(Br)c(Cl)c1. The highest BCUT2D eigenvalue weighted by Crippen LogP contribution is 2.23. The summed E-state index contributed by atoms with van der Waals surface area (Å²) >= 11 is 9.20. The van der Waals surface area contributed by atoms with Crippen LogP contribution in [-0.2, 0) is 9.53 Å². The minimum absolute atomic E-state index is 0.0176. The van der Waals surface area contributed by atoms with Crippen molar-refractivity contribution in [2.75, 3.05) is 33.9 Å². The van der Waals surface area contributed by atoms with Gasteiger partial charge in [-0.25, -0.2) is 0 Å². The fourth-order valence-electron chi connectivity index (χ4n) is 1.49. The largest absolute Gasteiger partial charge is 0.383 e. The molecule has 1 aromatic rings. The molecular formula is C13H16BrClN2O3. The molecule has 0 unspecified atom stereocenters. The lowest BCUT2D eigenvalue weighted by atomic mass is 10.2. The van der Waals surface area contributed by atoms with E-state index in [1.54, 1.807) is 32.4 Å². The minimum Gasteiger partial charge on any atom is -0.383 e. The summed E-state index contributed by atoms with van der Waals surface area (Å²) in [5.41, 5.74) is 0.436. The number of carbonyl (C=O) groups is 2. The summed E-state index contributed by atoms with van der Waals surface area (Å²) in [5, 5.41) is 3.10. The molecule has 2 amide bonds. The Hall–Kier alpha value is -1.11. The van der Waals surface area contributed by atoms with Gasteiger partial charge in [-0.2, -0.15) is 0 Å². The van der Waals surface area contributed by atoms with E-state index in [4.69, 9.17) is 16.3 Å². The van der Waals surface area contributed by atoms with Crippen molar-refractivity contribution in [2.24, 2.45) is 0 Å². The van der Waals surface area contributed by atoms with Crippen LogP contribution in [0.25, 0.3) is 0 Å². The van der Waals surface area contributed by atoms with Crippen LogP contribution in [0.5, 0.6) is 0 Å². The average Bonchev–Trinajstić information content (AvgIpc) is 2.41. The number of nitrogens with zero attached hydrogens (tertiary/aromatic N) is 1. The maximum absolute atomic E-state index is 12.1. The van der Waals surface area contributed by atoms with Gasteiger partial charge in [0.1, 0.15) is 0 Å². The number of likely N-dealkylation sites (N-methyl/N-ethyl adjacent to an activating group) is 1. The van der Waals surface area contributed by atoms with Crippen molar-refractivity contribution in [2.45, 2.75) is 0 Å². The van der Waals surface area contributed by atoms with E-state index in [1.165, 1.54) is 4.90 Å². The number of ether oxygens (including phenoxy) is 1. The molecule has 1 rings (SSSR count). The van der Waals surface area contributed by atoms with E-state index in [9.17, 15) is 9.59 Å². The van der Waals surface area contributed by atoms with Gasteiger partial charge >= 0.3 is 0 Å². The predicted molar refractivity (Wildman–Crippen MR) is 81.0 cm³/mol. The summed E-state index contributed by atoms with van der Waals surface area (Å²) in [5.74, 6) is -0.498. The Labute approximate surface area is 131 Å². The molecule has 0 aromatic heterocycles. The summed E-state index contributed by atoms with van der Waals surface area (Å²) in [4.78, 5) is 25.0. The van der Waals surface area contributed by atoms with Crippen LogP contribution in [0.15, 0.2) is 22.7 Å². The molecule has 0 radical (unpaired) electrons. The zero-order valence-electron chi connectivity index (χ0n) is 11.3. The van der Waals surface area contributed by atoms with Gasteiger partial charge in [-0.1, -0.05) is 11.6 Å². The van der Waals surface area contributed by atoms with Gasteiger partial charge in [0.25, 0.3) is 5.91 Å². The van der Waals surface area contributed by atoms with E-state index < -0.39 is 0 Å². The molecule has 1 N–H and O–H groups in total. The third kappa shape index (κ3) is 5.11. The Morgan fingerprint density at radius 2 is 2.15 bits per heavy atom. The standard InChI is InChI=1S/C13H16BrClN2O3/c1-17(8-12(18)16-5-6-20-2)13(19)9-3-4-10(14)11(15)7-9/h3-4,7H,5-6,8H2,1-2H3,(H,16,18). The molecule has 0 bridgehead atoms. The molecule has 0 fully saturated rings. The number of hydrogen-bond donors (Lipinski definition) is 1. The summed E-state index contributed by atoms with van der Waals surface area (Å²) < 4.78 is 5.54. The van der Waals surface area contributed by atoms with E-state index in [-0.39, 0.29) is 18.4 Å². The van der Waals surface area contributed by atoms with E-state index in [2.05, 4.69) is 21.2 Å². The lowest BCUT2D eigenvalue weighted by Gasteiger charge is -2.17. The van der Waals surface area contributed by atoms with Crippen LogP contribution in [0.2, 0.25) is 5.02 Å². The highest BCUT2D eigenvalue weighted by molar-refractivity contribution is 9.10. The predicted octanol–water partition coefficient (Wildman–Crippen LogP) is 1.94. The summed E-state index contributed by atoms with van der Waals surface area (Å²) in [6.07, 6.45) is 0. The number of halogens is 2. The van der Waals surface area contributed by atoms with E-state index in [0.717, 1.165) is 4.47 Å². The van der Waals surface area contributed by atoms with Crippen LogP contribution in [0.3, 0.4) is 0 Å². The molecular weight excluding hydrogens is 348 g/mol. The zero-order valence-corrected chi connectivity index (χ0v) is 13.6. The number of amides is 2. The van der Waals surface area contributed by atoms with Gasteiger partial charge in [0.2, 0.25) is 5.91 Å². The molecule has 0 spiro atoms. The number of rotatable bonds is 6. The highest BCUT2D eigenvalue weighted by Gasteiger charge is 2.15. The molecule has 0 aliphatic heterocycles. The summed E-state index contributed by atoms with van der Waals surface area (Å²) in [6, 6.07) is 4.91. The Morgan fingerprint density at radius 3 is 2.75 bits per heavy atom. The van der Waals surface area contributed by atoms with E-state index in [0.29, 0.717) is 23.7 Å². The first-order valence-electron chi connectivity index (χ1n) is 5.92. The van der Waals surface area contributed by atoms with E-state index >= 15 is 0 Å². The number of hydrogen-bond acceptors (Lipinski definition) is 3. The van der Waals surface area contributed by atoms with Gasteiger partial charge in [-0.3, -0.25) is 9.59 Å². The van der Waals surface area contributed by atoms with E-state index in [1.807, 2.05) is 0 Å². The second-order valence-electron chi connectivity index (χ2n) is 4.13. The quantitative estimate of drug-likeness (QED) is 0.786. The van der Waals surface area contributed by atoms with Gasteiger partial charge in [-0.05, 0) is 34.1 Å². The summed E-state index contributed by atoms with van der Waals surface area (Å²) in [6.45, 7) is 0.837. The molecule has 0 saturated carbocycles. The second-order valence-corrected chi connectivity index (χ2v) is 5.39. The normalized spacial score (nSPS) is 10.2. The number of benzene rings is 1. The van der Waals surface area contributed by atoms with Gasteiger partial charge in [0.05, 0.1) is 18.2 Å². The molecule has 0 aliphatic rings. The van der Waals surface area contributed by atoms with Crippen LogP contribution < -0.4 is 5.32 Å². The van der Waals surface area contributed by atoms with Crippen LogP contribution in [0, 0.1) is 0 Å². The fraction of sp³-hybridized carbons (Fsp3) is 0.385. The minimum atomic E-state index is -0.263. The maximum Gasteiger partial charge on any atom is 0.254 e. The number of nitrogens with one attached hydrogen (secondary N) is 1. The first kappa shape index (κ1) is 16.9. The second kappa shape index (κ2) is 8.24. The molecule has 7 heteroatoms. The zero-order chi connectivity index (χ0) is 15.1. The fourth-order valence-corrected chi connectivity index (χ4v) is 1.91. The molecule has 1 aromatic carbocycles. The highest BCUT2D eigenvalue weighted by atomic mass is 79.9. The molecule has 0 atom stereocenters. The first-order chi connectivity index (χ1) is 9.45. The summed E-state index contributed by atoms with van der Waals surface area (Å²) in [7, 11) is 3.12. The molecule has 0 aliphatic carbocycles. The van der Waals surface area contributed by atoms with Crippen molar-refractivity contribution in [1.29, 1.82) is 0 Å². The Balaban J connectivity index is 2.58.